The molecule has 0 aromatic heterocycles. The van der Waals surface area contributed by atoms with Crippen molar-refractivity contribution >= 4 is 31.9 Å². The zero-order chi connectivity index (χ0) is 13.1. The Bertz CT molecular complexity index is 296. The lowest BCUT2D eigenvalue weighted by Crippen LogP contribution is -2.26. The molecule has 0 aromatic rings. The van der Waals surface area contributed by atoms with Crippen LogP contribution >= 0.6 is 31.9 Å². The van der Waals surface area contributed by atoms with Crippen molar-refractivity contribution in [1.82, 2.24) is 0 Å². The molecule has 0 aromatic carbocycles. The van der Waals surface area contributed by atoms with Crippen molar-refractivity contribution in [3.05, 3.63) is 12.2 Å². The molecule has 2 saturated heterocycles. The van der Waals surface area contributed by atoms with Crippen LogP contribution in [0.5, 0.6) is 0 Å². The van der Waals surface area contributed by atoms with Gasteiger partial charge in [-0.05, 0) is 32.6 Å². The van der Waals surface area contributed by atoms with Gasteiger partial charge in [-0.3, -0.25) is 0 Å². The van der Waals surface area contributed by atoms with E-state index in [9.17, 15) is 0 Å². The lowest BCUT2D eigenvalue weighted by Gasteiger charge is -2.19. The van der Waals surface area contributed by atoms with E-state index in [0.29, 0.717) is 21.9 Å². The molecular formula is C14H22Br2O2. The minimum Gasteiger partial charge on any atom is -0.371 e. The molecule has 2 rings (SSSR count). The molecule has 18 heavy (non-hydrogen) atoms. The lowest BCUT2D eigenvalue weighted by molar-refractivity contribution is -0.0640. The summed E-state index contributed by atoms with van der Waals surface area (Å²) in [5.74, 6) is 0. The number of hydrogen-bond donors (Lipinski definition) is 0. The van der Waals surface area contributed by atoms with Gasteiger partial charge in [0, 0.05) is 9.65 Å². The number of rotatable bonds is 4. The van der Waals surface area contributed by atoms with Crippen molar-refractivity contribution in [3.8, 4) is 0 Å². The van der Waals surface area contributed by atoms with Gasteiger partial charge in [0.05, 0.1) is 24.4 Å². The molecule has 6 atom stereocenters. The van der Waals surface area contributed by atoms with Crippen LogP contribution in [-0.4, -0.2) is 34.1 Å². The standard InChI is InChI=1S/C14H22Br2O2/c1-3-5-6-12-10(16)8-14(18-12)13-7-9(15)11(4-2)17-13/h3,5,9-14H,4,6-8H2,1-2H3/b5-3-/t9-,10+,11+,12-,13-,14-/m0/s1. The Balaban J connectivity index is 1.88. The van der Waals surface area contributed by atoms with E-state index in [0.717, 1.165) is 25.7 Å². The van der Waals surface area contributed by atoms with Crippen LogP contribution in [0.3, 0.4) is 0 Å². The molecule has 4 heteroatoms. The largest absolute Gasteiger partial charge is 0.371 e. The summed E-state index contributed by atoms with van der Waals surface area (Å²) in [5, 5.41) is 0. The van der Waals surface area contributed by atoms with Crippen LogP contribution in [0.4, 0.5) is 0 Å². The van der Waals surface area contributed by atoms with Crippen molar-refractivity contribution in [2.45, 2.75) is 73.6 Å². The van der Waals surface area contributed by atoms with Crippen LogP contribution in [0, 0.1) is 0 Å². The molecule has 0 spiro atoms. The molecule has 2 heterocycles. The zero-order valence-corrected chi connectivity index (χ0v) is 14.2. The van der Waals surface area contributed by atoms with Gasteiger partial charge in [0.15, 0.2) is 0 Å². The summed E-state index contributed by atoms with van der Waals surface area (Å²) in [6.07, 6.45) is 9.61. The zero-order valence-electron chi connectivity index (χ0n) is 11.0. The smallest absolute Gasteiger partial charge is 0.0853 e. The molecule has 2 nitrogen and oxygen atoms in total. The van der Waals surface area contributed by atoms with E-state index >= 15 is 0 Å². The molecule has 2 aliphatic heterocycles. The fraction of sp³-hybridized carbons (Fsp3) is 0.857. The van der Waals surface area contributed by atoms with E-state index in [2.05, 4.69) is 57.9 Å². The van der Waals surface area contributed by atoms with E-state index in [1.165, 1.54) is 0 Å². The highest BCUT2D eigenvalue weighted by Crippen LogP contribution is 2.38. The number of allylic oxidation sites excluding steroid dienone is 1. The first kappa shape index (κ1) is 15.0. The number of hydrogen-bond acceptors (Lipinski definition) is 2. The Hall–Kier alpha value is 0.620. The van der Waals surface area contributed by atoms with Crippen molar-refractivity contribution in [2.75, 3.05) is 0 Å². The third-order valence-corrected chi connectivity index (χ3v) is 5.77. The van der Waals surface area contributed by atoms with Gasteiger partial charge in [-0.25, -0.2) is 0 Å². The lowest BCUT2D eigenvalue weighted by atomic mass is 10.1. The van der Waals surface area contributed by atoms with Gasteiger partial charge in [0.2, 0.25) is 0 Å². The highest BCUT2D eigenvalue weighted by atomic mass is 79.9. The Morgan fingerprint density at radius 1 is 1.06 bits per heavy atom. The van der Waals surface area contributed by atoms with Crippen molar-refractivity contribution in [3.63, 3.8) is 0 Å². The van der Waals surface area contributed by atoms with E-state index < -0.39 is 0 Å². The van der Waals surface area contributed by atoms with Crippen LogP contribution in [0.15, 0.2) is 12.2 Å². The second-order valence-corrected chi connectivity index (χ2v) is 7.49. The van der Waals surface area contributed by atoms with Crippen LogP contribution in [0.2, 0.25) is 0 Å². The van der Waals surface area contributed by atoms with E-state index in [1.807, 2.05) is 0 Å². The average molecular weight is 382 g/mol. The molecule has 2 fully saturated rings. The van der Waals surface area contributed by atoms with Crippen LogP contribution in [0.25, 0.3) is 0 Å². The Morgan fingerprint density at radius 3 is 2.11 bits per heavy atom. The van der Waals surface area contributed by atoms with Crippen LogP contribution in [0.1, 0.15) is 39.5 Å². The molecule has 0 unspecified atom stereocenters. The molecule has 2 aliphatic rings. The maximum absolute atomic E-state index is 6.16. The Labute approximate surface area is 127 Å². The topological polar surface area (TPSA) is 18.5 Å². The maximum atomic E-state index is 6.16. The van der Waals surface area contributed by atoms with Gasteiger partial charge in [-0.15, -0.1) is 0 Å². The van der Waals surface area contributed by atoms with E-state index in [1.54, 1.807) is 0 Å². The van der Waals surface area contributed by atoms with Crippen LogP contribution < -0.4 is 0 Å². The predicted molar refractivity (Wildman–Crippen MR) is 81.7 cm³/mol. The Kier molecular flexibility index (Phi) is 5.73. The van der Waals surface area contributed by atoms with Crippen molar-refractivity contribution < 1.29 is 9.47 Å². The maximum Gasteiger partial charge on any atom is 0.0853 e. The number of ether oxygens (including phenoxy) is 2. The normalized spacial score (nSPS) is 45.1. The number of halogens is 2. The highest BCUT2D eigenvalue weighted by molar-refractivity contribution is 9.09. The van der Waals surface area contributed by atoms with Gasteiger partial charge < -0.3 is 9.47 Å². The summed E-state index contributed by atoms with van der Waals surface area (Å²) in [7, 11) is 0. The minimum absolute atomic E-state index is 0.251. The van der Waals surface area contributed by atoms with Crippen LogP contribution in [-0.2, 0) is 9.47 Å². The van der Waals surface area contributed by atoms with Gasteiger partial charge in [0.1, 0.15) is 0 Å². The predicted octanol–water partition coefficient (Wildman–Crippen LogP) is 4.20. The summed E-state index contributed by atoms with van der Waals surface area (Å²) in [6.45, 7) is 4.23. The summed E-state index contributed by atoms with van der Waals surface area (Å²) >= 11 is 7.46. The molecule has 0 bridgehead atoms. The fourth-order valence-corrected chi connectivity index (χ4v) is 4.36. The van der Waals surface area contributed by atoms with Gasteiger partial charge in [0.25, 0.3) is 0 Å². The average Bonchev–Trinajstić information content (AvgIpc) is 2.90. The molecular weight excluding hydrogens is 360 g/mol. The fourth-order valence-electron chi connectivity index (χ4n) is 2.78. The third kappa shape index (κ3) is 3.38. The first-order valence-corrected chi connectivity index (χ1v) is 8.69. The molecule has 0 N–H and O–H groups in total. The molecule has 104 valence electrons. The quantitative estimate of drug-likeness (QED) is 0.536. The van der Waals surface area contributed by atoms with E-state index in [4.69, 9.17) is 9.47 Å². The van der Waals surface area contributed by atoms with E-state index in [-0.39, 0.29) is 12.2 Å². The molecule has 0 aliphatic carbocycles. The summed E-state index contributed by atoms with van der Waals surface area (Å²) in [6, 6.07) is 0. The van der Waals surface area contributed by atoms with Gasteiger partial charge in [-0.1, -0.05) is 50.9 Å². The Morgan fingerprint density at radius 2 is 1.61 bits per heavy atom. The van der Waals surface area contributed by atoms with Gasteiger partial charge >= 0.3 is 0 Å². The first-order chi connectivity index (χ1) is 8.65. The first-order valence-electron chi connectivity index (χ1n) is 6.85. The number of alkyl halides is 2. The summed E-state index contributed by atoms with van der Waals surface area (Å²) in [5.41, 5.74) is 0. The third-order valence-electron chi connectivity index (χ3n) is 3.84. The van der Waals surface area contributed by atoms with Gasteiger partial charge in [-0.2, -0.15) is 0 Å². The highest BCUT2D eigenvalue weighted by Gasteiger charge is 2.43. The molecule has 0 radical (unpaired) electrons. The molecule has 0 saturated carbocycles. The summed E-state index contributed by atoms with van der Waals surface area (Å²) in [4.78, 5) is 0.941. The van der Waals surface area contributed by atoms with Crippen molar-refractivity contribution in [1.29, 1.82) is 0 Å². The molecule has 0 amide bonds. The monoisotopic (exact) mass is 380 g/mol. The SMILES string of the molecule is C/C=C\C[C@@H]1O[C@H]([C@@H]2C[C@H](Br)[C@@H](CC)O2)C[C@H]1Br. The second kappa shape index (κ2) is 6.87. The minimum atomic E-state index is 0.251. The second-order valence-electron chi connectivity index (χ2n) is 5.14. The van der Waals surface area contributed by atoms with Crippen molar-refractivity contribution in [2.24, 2.45) is 0 Å². The summed E-state index contributed by atoms with van der Waals surface area (Å²) < 4.78 is 12.3.